The highest BCUT2D eigenvalue weighted by Crippen LogP contribution is 2.34. The van der Waals surface area contributed by atoms with E-state index < -0.39 is 0 Å². The number of anilines is 1. The number of aromatic nitrogens is 6. The Bertz CT molecular complexity index is 1820. The molecule has 0 aliphatic heterocycles. The van der Waals surface area contributed by atoms with E-state index in [0.29, 0.717) is 23.5 Å². The molecule has 0 saturated carbocycles. The van der Waals surface area contributed by atoms with E-state index in [2.05, 4.69) is 53.7 Å². The molecule has 41 heavy (non-hydrogen) atoms. The van der Waals surface area contributed by atoms with E-state index in [1.807, 2.05) is 56.8 Å². The maximum atomic E-state index is 14.6. The fraction of sp³-hybridized carbons (Fsp3) is 0.226. The molecule has 4 N–H and O–H groups in total. The van der Waals surface area contributed by atoms with Crippen LogP contribution in [0.5, 0.6) is 0 Å². The minimum Gasteiger partial charge on any atom is -0.384 e. The van der Waals surface area contributed by atoms with E-state index in [4.69, 9.17) is 4.98 Å². The molecule has 0 aliphatic rings. The van der Waals surface area contributed by atoms with Gasteiger partial charge in [-0.25, -0.2) is 9.37 Å². The zero-order chi connectivity index (χ0) is 28.3. The van der Waals surface area contributed by atoms with Gasteiger partial charge in [0, 0.05) is 65.9 Å². The van der Waals surface area contributed by atoms with Gasteiger partial charge in [0.25, 0.3) is 0 Å². The van der Waals surface area contributed by atoms with Gasteiger partial charge in [0.15, 0.2) is 0 Å². The molecule has 6 aromatic rings. The predicted octanol–water partition coefficient (Wildman–Crippen LogP) is 5.45. The van der Waals surface area contributed by atoms with Crippen LogP contribution >= 0.6 is 0 Å². The summed E-state index contributed by atoms with van der Waals surface area (Å²) in [5.74, 6) is -0.316. The summed E-state index contributed by atoms with van der Waals surface area (Å²) in [6.45, 7) is 5.27. The summed E-state index contributed by atoms with van der Waals surface area (Å²) in [5.41, 5.74) is 8.92. The van der Waals surface area contributed by atoms with Gasteiger partial charge in [0.05, 0.1) is 22.6 Å². The number of nitrogens with zero attached hydrogens (tertiary/aromatic N) is 5. The second kappa shape index (κ2) is 11.4. The first-order valence-electron chi connectivity index (χ1n) is 13.7. The van der Waals surface area contributed by atoms with Crippen molar-refractivity contribution >= 4 is 27.6 Å². The molecule has 0 spiro atoms. The fourth-order valence-corrected chi connectivity index (χ4v) is 4.90. The molecule has 0 unspecified atom stereocenters. The van der Waals surface area contributed by atoms with Crippen LogP contribution in [0.4, 0.5) is 10.1 Å². The van der Waals surface area contributed by atoms with Crippen LogP contribution < -0.4 is 10.6 Å². The molecule has 1 aromatic carbocycles. The second-order valence-electron chi connectivity index (χ2n) is 10.3. The zero-order valence-corrected chi connectivity index (χ0v) is 23.3. The van der Waals surface area contributed by atoms with E-state index in [1.165, 1.54) is 12.1 Å². The molecule has 9 nitrogen and oxygen atoms in total. The van der Waals surface area contributed by atoms with Crippen LogP contribution in [-0.2, 0) is 6.54 Å². The molecule has 208 valence electrons. The van der Waals surface area contributed by atoms with Crippen molar-refractivity contribution in [3.05, 3.63) is 78.5 Å². The highest BCUT2D eigenvalue weighted by atomic mass is 19.1. The van der Waals surface area contributed by atoms with Gasteiger partial charge in [0.2, 0.25) is 0 Å². The Balaban J connectivity index is 1.37. The van der Waals surface area contributed by atoms with Crippen molar-refractivity contribution in [2.45, 2.75) is 13.5 Å². The highest BCUT2D eigenvalue weighted by molar-refractivity contribution is 5.99. The van der Waals surface area contributed by atoms with Gasteiger partial charge in [-0.05, 0) is 74.7 Å². The standard InChI is InChI=1S/C31H32FN9/c1-4-33-16-19-11-21(18-34-17-19)25-5-6-27-30(38-25)31(40-39-27)28-15-24-26(37-28)7-8-36-29(24)20-12-22(32)14-23(13-20)35-9-10-41(2)3/h5-8,11-15,17-18,33,35,37H,4,9-10,16H2,1-3H3,(H,39,40). The number of fused-ring (bicyclic) bond motifs is 2. The molecular weight excluding hydrogens is 517 g/mol. The van der Waals surface area contributed by atoms with Crippen molar-refractivity contribution < 1.29 is 4.39 Å². The lowest BCUT2D eigenvalue weighted by atomic mass is 10.1. The molecular formula is C31H32FN9. The van der Waals surface area contributed by atoms with Crippen LogP contribution in [0.1, 0.15) is 12.5 Å². The second-order valence-corrected chi connectivity index (χ2v) is 10.3. The molecule has 0 amide bonds. The first kappa shape index (κ1) is 26.5. The van der Waals surface area contributed by atoms with Gasteiger partial charge in [-0.1, -0.05) is 6.92 Å². The van der Waals surface area contributed by atoms with E-state index in [1.54, 1.807) is 6.20 Å². The van der Waals surface area contributed by atoms with Gasteiger partial charge in [0.1, 0.15) is 17.0 Å². The lowest BCUT2D eigenvalue weighted by Gasteiger charge is -2.12. The first-order chi connectivity index (χ1) is 20.0. The van der Waals surface area contributed by atoms with Gasteiger partial charge in [-0.15, -0.1) is 0 Å². The normalized spacial score (nSPS) is 11.6. The highest BCUT2D eigenvalue weighted by Gasteiger charge is 2.17. The Morgan fingerprint density at radius 3 is 2.71 bits per heavy atom. The van der Waals surface area contributed by atoms with Gasteiger partial charge >= 0.3 is 0 Å². The molecule has 6 rings (SSSR count). The number of halogens is 1. The number of likely N-dealkylation sites (N-methyl/N-ethyl adjacent to an activating group) is 1. The summed E-state index contributed by atoms with van der Waals surface area (Å²) < 4.78 is 14.6. The third-order valence-corrected chi connectivity index (χ3v) is 6.94. The van der Waals surface area contributed by atoms with Gasteiger partial charge in [-0.2, -0.15) is 5.10 Å². The van der Waals surface area contributed by atoms with E-state index in [-0.39, 0.29) is 5.82 Å². The van der Waals surface area contributed by atoms with Crippen molar-refractivity contribution in [3.8, 4) is 33.9 Å². The predicted molar refractivity (Wildman–Crippen MR) is 162 cm³/mol. The Kier molecular flexibility index (Phi) is 7.41. The molecule has 0 fully saturated rings. The quantitative estimate of drug-likeness (QED) is 0.180. The van der Waals surface area contributed by atoms with E-state index >= 15 is 0 Å². The van der Waals surface area contributed by atoms with Crippen molar-refractivity contribution in [1.29, 1.82) is 0 Å². The van der Waals surface area contributed by atoms with Crippen molar-refractivity contribution in [3.63, 3.8) is 0 Å². The van der Waals surface area contributed by atoms with Crippen LogP contribution in [0.25, 0.3) is 55.8 Å². The van der Waals surface area contributed by atoms with Crippen molar-refractivity contribution in [2.75, 3.05) is 39.0 Å². The maximum Gasteiger partial charge on any atom is 0.135 e. The Morgan fingerprint density at radius 1 is 0.951 bits per heavy atom. The molecule has 0 aliphatic carbocycles. The minimum atomic E-state index is -0.316. The summed E-state index contributed by atoms with van der Waals surface area (Å²) in [7, 11) is 4.01. The number of aromatic amines is 2. The Hall–Kier alpha value is -4.67. The average molecular weight is 550 g/mol. The number of benzene rings is 1. The number of rotatable bonds is 10. The smallest absolute Gasteiger partial charge is 0.135 e. The molecule has 0 atom stereocenters. The molecule has 0 saturated heterocycles. The molecule has 0 radical (unpaired) electrons. The minimum absolute atomic E-state index is 0.316. The van der Waals surface area contributed by atoms with Crippen LogP contribution in [0.15, 0.2) is 67.1 Å². The third-order valence-electron chi connectivity index (χ3n) is 6.94. The summed E-state index contributed by atoms with van der Waals surface area (Å²) in [5, 5.41) is 15.2. The van der Waals surface area contributed by atoms with Crippen molar-refractivity contribution in [2.24, 2.45) is 0 Å². The lowest BCUT2D eigenvalue weighted by molar-refractivity contribution is 0.425. The topological polar surface area (TPSA) is 110 Å². The number of H-pyrrole nitrogens is 2. The average Bonchev–Trinajstić information content (AvgIpc) is 3.59. The third kappa shape index (κ3) is 5.65. The molecule has 10 heteroatoms. The first-order valence-corrected chi connectivity index (χ1v) is 13.7. The van der Waals surface area contributed by atoms with Gasteiger partial charge < -0.3 is 20.5 Å². The molecule has 5 aromatic heterocycles. The summed E-state index contributed by atoms with van der Waals surface area (Å²) in [6, 6.07) is 14.9. The Morgan fingerprint density at radius 2 is 1.85 bits per heavy atom. The lowest BCUT2D eigenvalue weighted by Crippen LogP contribution is -2.20. The summed E-state index contributed by atoms with van der Waals surface area (Å²) in [6.07, 6.45) is 5.42. The number of hydrogen-bond donors (Lipinski definition) is 4. The summed E-state index contributed by atoms with van der Waals surface area (Å²) >= 11 is 0. The number of hydrogen-bond acceptors (Lipinski definition) is 7. The van der Waals surface area contributed by atoms with Gasteiger partial charge in [-0.3, -0.25) is 15.1 Å². The maximum absolute atomic E-state index is 14.6. The molecule has 0 bridgehead atoms. The van der Waals surface area contributed by atoms with Crippen LogP contribution in [0.2, 0.25) is 0 Å². The Labute approximate surface area is 237 Å². The SMILES string of the molecule is CCNCc1cncc(-c2ccc3[nH]nc(-c4cc5c(-c6cc(F)cc(NCCN(C)C)c6)nccc5[nH]4)c3n2)c1. The fourth-order valence-electron chi connectivity index (χ4n) is 4.90. The number of nitrogens with one attached hydrogen (secondary N) is 4. The monoisotopic (exact) mass is 549 g/mol. The van der Waals surface area contributed by atoms with Crippen LogP contribution in [-0.4, -0.2) is 68.8 Å². The largest absolute Gasteiger partial charge is 0.384 e. The van der Waals surface area contributed by atoms with Crippen LogP contribution in [0, 0.1) is 5.82 Å². The summed E-state index contributed by atoms with van der Waals surface area (Å²) in [4.78, 5) is 19.6. The van der Waals surface area contributed by atoms with Crippen molar-refractivity contribution in [1.82, 2.24) is 40.3 Å². The zero-order valence-electron chi connectivity index (χ0n) is 23.3. The van der Waals surface area contributed by atoms with E-state index in [0.717, 1.165) is 69.8 Å². The number of pyridine rings is 3. The van der Waals surface area contributed by atoms with Crippen LogP contribution in [0.3, 0.4) is 0 Å². The van der Waals surface area contributed by atoms with E-state index in [9.17, 15) is 4.39 Å². The molecule has 5 heterocycles.